The number of amides is 1. The fourth-order valence-corrected chi connectivity index (χ4v) is 2.08. The van der Waals surface area contributed by atoms with Crippen LogP contribution in [0.2, 0.25) is 0 Å². The Morgan fingerprint density at radius 3 is 2.55 bits per heavy atom. The molecule has 2 rings (SSSR count). The Bertz CT molecular complexity index is 563. The highest BCUT2D eigenvalue weighted by Crippen LogP contribution is 2.17. The van der Waals surface area contributed by atoms with Crippen molar-refractivity contribution >= 4 is 5.91 Å². The lowest BCUT2D eigenvalue weighted by molar-refractivity contribution is -0.122. The summed E-state index contributed by atoms with van der Waals surface area (Å²) in [5.41, 5.74) is 6.99. The summed E-state index contributed by atoms with van der Waals surface area (Å²) in [6, 6.07) is 12.9. The molecule has 0 saturated carbocycles. The minimum absolute atomic E-state index is 0.0806. The fourth-order valence-electron chi connectivity index (χ4n) is 2.08. The van der Waals surface area contributed by atoms with E-state index in [1.807, 2.05) is 56.3 Å². The molecule has 0 spiro atoms. The van der Waals surface area contributed by atoms with Crippen LogP contribution in [0.15, 0.2) is 46.9 Å². The van der Waals surface area contributed by atoms with Crippen molar-refractivity contribution in [3.05, 3.63) is 59.5 Å². The maximum absolute atomic E-state index is 12.0. The van der Waals surface area contributed by atoms with E-state index in [4.69, 9.17) is 10.2 Å². The highest BCUT2D eigenvalue weighted by molar-refractivity contribution is 5.77. The van der Waals surface area contributed by atoms with E-state index in [0.29, 0.717) is 0 Å². The van der Waals surface area contributed by atoms with E-state index in [0.717, 1.165) is 17.1 Å². The third-order valence-corrected chi connectivity index (χ3v) is 3.20. The van der Waals surface area contributed by atoms with E-state index >= 15 is 0 Å². The molecule has 2 aromatic rings. The molecule has 1 aromatic heterocycles. The standard InChI is InChI=1S/C16H20N2O2/c1-11-8-9-15(20-11)12(2)18-16(19)10-14(17)13-6-4-3-5-7-13/h3-9,12,14H,10,17H2,1-2H3,(H,18,19). The van der Waals surface area contributed by atoms with Gasteiger partial charge in [0, 0.05) is 12.5 Å². The van der Waals surface area contributed by atoms with Crippen molar-refractivity contribution < 1.29 is 9.21 Å². The minimum atomic E-state index is -0.290. The largest absolute Gasteiger partial charge is 0.464 e. The van der Waals surface area contributed by atoms with Crippen molar-refractivity contribution in [2.75, 3.05) is 0 Å². The highest BCUT2D eigenvalue weighted by atomic mass is 16.3. The lowest BCUT2D eigenvalue weighted by Gasteiger charge is -2.15. The van der Waals surface area contributed by atoms with Crippen LogP contribution in [0.3, 0.4) is 0 Å². The Hall–Kier alpha value is -2.07. The number of carbonyl (C=O) groups is 1. The molecular weight excluding hydrogens is 252 g/mol. The Balaban J connectivity index is 1.89. The van der Waals surface area contributed by atoms with Gasteiger partial charge in [0.2, 0.25) is 5.91 Å². The molecule has 3 N–H and O–H groups in total. The molecule has 1 heterocycles. The van der Waals surface area contributed by atoms with Gasteiger partial charge < -0.3 is 15.5 Å². The zero-order chi connectivity index (χ0) is 14.5. The van der Waals surface area contributed by atoms with Gasteiger partial charge in [0.1, 0.15) is 11.5 Å². The molecular formula is C16H20N2O2. The van der Waals surface area contributed by atoms with Crippen molar-refractivity contribution in [3.63, 3.8) is 0 Å². The van der Waals surface area contributed by atoms with Gasteiger partial charge in [-0.25, -0.2) is 0 Å². The van der Waals surface area contributed by atoms with Crippen LogP contribution in [0, 0.1) is 6.92 Å². The summed E-state index contributed by atoms with van der Waals surface area (Å²) in [5, 5.41) is 2.90. The van der Waals surface area contributed by atoms with Gasteiger partial charge in [-0.05, 0) is 31.5 Å². The predicted octanol–water partition coefficient (Wildman–Crippen LogP) is 2.86. The van der Waals surface area contributed by atoms with Crippen LogP contribution >= 0.6 is 0 Å². The topological polar surface area (TPSA) is 68.3 Å². The molecule has 0 aliphatic heterocycles. The quantitative estimate of drug-likeness (QED) is 0.879. The molecule has 2 unspecified atom stereocenters. The molecule has 20 heavy (non-hydrogen) atoms. The van der Waals surface area contributed by atoms with Crippen LogP contribution < -0.4 is 11.1 Å². The molecule has 0 fully saturated rings. The minimum Gasteiger partial charge on any atom is -0.464 e. The van der Waals surface area contributed by atoms with Crippen molar-refractivity contribution in [2.24, 2.45) is 5.73 Å². The number of hydrogen-bond donors (Lipinski definition) is 2. The molecule has 0 saturated heterocycles. The number of benzene rings is 1. The molecule has 0 aliphatic rings. The number of hydrogen-bond acceptors (Lipinski definition) is 3. The summed E-state index contributed by atoms with van der Waals surface area (Å²) in [6.45, 7) is 3.77. The van der Waals surface area contributed by atoms with Gasteiger partial charge in [-0.1, -0.05) is 30.3 Å². The molecule has 4 heteroatoms. The van der Waals surface area contributed by atoms with Crippen LogP contribution in [0.25, 0.3) is 0 Å². The number of furan rings is 1. The molecule has 1 aromatic carbocycles. The van der Waals surface area contributed by atoms with Crippen LogP contribution in [-0.2, 0) is 4.79 Å². The molecule has 106 valence electrons. The van der Waals surface area contributed by atoms with Crippen LogP contribution in [-0.4, -0.2) is 5.91 Å². The molecule has 2 atom stereocenters. The molecule has 1 amide bonds. The van der Waals surface area contributed by atoms with E-state index in [1.54, 1.807) is 0 Å². The number of nitrogens with two attached hydrogens (primary N) is 1. The van der Waals surface area contributed by atoms with Gasteiger partial charge in [-0.15, -0.1) is 0 Å². The van der Waals surface area contributed by atoms with Crippen LogP contribution in [0.4, 0.5) is 0 Å². The lowest BCUT2D eigenvalue weighted by atomic mass is 10.0. The van der Waals surface area contributed by atoms with E-state index in [-0.39, 0.29) is 24.4 Å². The summed E-state index contributed by atoms with van der Waals surface area (Å²) < 4.78 is 5.49. The second-order valence-electron chi connectivity index (χ2n) is 4.96. The Morgan fingerprint density at radius 1 is 1.25 bits per heavy atom. The van der Waals surface area contributed by atoms with Crippen molar-refractivity contribution in [2.45, 2.75) is 32.4 Å². The number of rotatable bonds is 5. The highest BCUT2D eigenvalue weighted by Gasteiger charge is 2.16. The van der Waals surface area contributed by atoms with E-state index in [2.05, 4.69) is 5.32 Å². The number of carbonyl (C=O) groups excluding carboxylic acids is 1. The maximum Gasteiger partial charge on any atom is 0.222 e. The van der Waals surface area contributed by atoms with Gasteiger partial charge in [0.25, 0.3) is 0 Å². The van der Waals surface area contributed by atoms with Crippen molar-refractivity contribution in [3.8, 4) is 0 Å². The van der Waals surface area contributed by atoms with Gasteiger partial charge in [-0.2, -0.15) is 0 Å². The number of aryl methyl sites for hydroxylation is 1. The van der Waals surface area contributed by atoms with E-state index in [1.165, 1.54) is 0 Å². The second-order valence-corrected chi connectivity index (χ2v) is 4.96. The third kappa shape index (κ3) is 3.71. The number of nitrogens with one attached hydrogen (secondary N) is 1. The Kier molecular flexibility index (Phi) is 4.58. The average molecular weight is 272 g/mol. The monoisotopic (exact) mass is 272 g/mol. The summed E-state index contributed by atoms with van der Waals surface area (Å²) in [4.78, 5) is 12.0. The molecule has 0 bridgehead atoms. The lowest BCUT2D eigenvalue weighted by Crippen LogP contribution is -2.29. The van der Waals surface area contributed by atoms with Gasteiger partial charge in [0.05, 0.1) is 6.04 Å². The second kappa shape index (κ2) is 6.39. The van der Waals surface area contributed by atoms with Crippen LogP contribution in [0.5, 0.6) is 0 Å². The van der Waals surface area contributed by atoms with Gasteiger partial charge in [-0.3, -0.25) is 4.79 Å². The summed E-state index contributed by atoms with van der Waals surface area (Å²) in [5.74, 6) is 1.51. The summed E-state index contributed by atoms with van der Waals surface area (Å²) in [6.07, 6.45) is 0.258. The first-order chi connectivity index (χ1) is 9.56. The summed E-state index contributed by atoms with van der Waals surface area (Å²) in [7, 11) is 0. The third-order valence-electron chi connectivity index (χ3n) is 3.20. The van der Waals surface area contributed by atoms with Gasteiger partial charge in [0.15, 0.2) is 0 Å². The molecule has 0 radical (unpaired) electrons. The normalized spacial score (nSPS) is 13.8. The van der Waals surface area contributed by atoms with E-state index in [9.17, 15) is 4.79 Å². The first kappa shape index (κ1) is 14.3. The summed E-state index contributed by atoms with van der Waals surface area (Å²) >= 11 is 0. The SMILES string of the molecule is Cc1ccc(C(C)NC(=O)CC(N)c2ccccc2)o1. The van der Waals surface area contributed by atoms with E-state index < -0.39 is 0 Å². The molecule has 0 aliphatic carbocycles. The first-order valence-electron chi connectivity index (χ1n) is 6.72. The maximum atomic E-state index is 12.0. The predicted molar refractivity (Wildman–Crippen MR) is 78.0 cm³/mol. The first-order valence-corrected chi connectivity index (χ1v) is 6.72. The Morgan fingerprint density at radius 2 is 1.95 bits per heavy atom. The Labute approximate surface area is 119 Å². The molecule has 4 nitrogen and oxygen atoms in total. The van der Waals surface area contributed by atoms with Crippen molar-refractivity contribution in [1.82, 2.24) is 5.32 Å². The zero-order valence-electron chi connectivity index (χ0n) is 11.8. The zero-order valence-corrected chi connectivity index (χ0v) is 11.8. The fraction of sp³-hybridized carbons (Fsp3) is 0.312. The van der Waals surface area contributed by atoms with Crippen LogP contribution in [0.1, 0.15) is 42.5 Å². The smallest absolute Gasteiger partial charge is 0.222 e. The van der Waals surface area contributed by atoms with Crippen molar-refractivity contribution in [1.29, 1.82) is 0 Å². The average Bonchev–Trinajstić information content (AvgIpc) is 2.86. The van der Waals surface area contributed by atoms with Gasteiger partial charge >= 0.3 is 0 Å².